The van der Waals surface area contributed by atoms with Gasteiger partial charge in [0.25, 0.3) is 5.91 Å². The van der Waals surface area contributed by atoms with Crippen molar-refractivity contribution in [2.24, 2.45) is 0 Å². The van der Waals surface area contributed by atoms with Crippen LogP contribution in [0, 0.1) is 6.92 Å². The van der Waals surface area contributed by atoms with E-state index in [4.69, 9.17) is 0 Å². The van der Waals surface area contributed by atoms with Gasteiger partial charge in [-0.3, -0.25) is 14.5 Å². The van der Waals surface area contributed by atoms with Gasteiger partial charge in [-0.1, -0.05) is 43.2 Å². The summed E-state index contributed by atoms with van der Waals surface area (Å²) < 4.78 is 0. The largest absolute Gasteiger partial charge is 0.355 e. The van der Waals surface area contributed by atoms with Crippen molar-refractivity contribution in [2.45, 2.75) is 39.2 Å². The van der Waals surface area contributed by atoms with E-state index in [1.165, 1.54) is 0 Å². The summed E-state index contributed by atoms with van der Waals surface area (Å²) in [5.74, 6) is -0.730. The number of aryl methyl sites for hydroxylation is 1. The molecule has 0 aliphatic carbocycles. The average Bonchev–Trinajstić information content (AvgIpc) is 2.72. The first-order chi connectivity index (χ1) is 10.9. The lowest BCUT2D eigenvalue weighted by Gasteiger charge is -2.22. The summed E-state index contributed by atoms with van der Waals surface area (Å²) in [6.07, 6.45) is 1.84. The maximum atomic E-state index is 12.7. The standard InChI is InChI=1S/C17H23N3O3/c1-4-5-10-18-14(21)11-20-15(22)17(3,19-16(20)23)13-8-6-12(2)7-9-13/h6-9H,4-5,10-11H2,1-3H3,(H,18,21)(H,19,23)/t17-/m0/s1. The number of hydrogen-bond acceptors (Lipinski definition) is 3. The molecule has 1 atom stereocenters. The maximum Gasteiger partial charge on any atom is 0.325 e. The number of urea groups is 1. The molecule has 0 unspecified atom stereocenters. The van der Waals surface area contributed by atoms with Crippen molar-refractivity contribution in [3.8, 4) is 0 Å². The van der Waals surface area contributed by atoms with Gasteiger partial charge in [0.15, 0.2) is 0 Å². The molecule has 0 radical (unpaired) electrons. The Morgan fingerprint density at radius 1 is 1.26 bits per heavy atom. The minimum Gasteiger partial charge on any atom is -0.355 e. The van der Waals surface area contributed by atoms with Gasteiger partial charge >= 0.3 is 6.03 Å². The lowest BCUT2D eigenvalue weighted by atomic mass is 9.91. The normalized spacial score (nSPS) is 20.6. The third-order valence-corrected chi connectivity index (χ3v) is 4.06. The van der Waals surface area contributed by atoms with Crippen LogP contribution in [-0.2, 0) is 15.1 Å². The Hall–Kier alpha value is -2.37. The Labute approximate surface area is 136 Å². The second-order valence-electron chi connectivity index (χ2n) is 6.02. The number of benzene rings is 1. The summed E-state index contributed by atoms with van der Waals surface area (Å²) in [6.45, 7) is 5.93. The minimum atomic E-state index is -1.13. The lowest BCUT2D eigenvalue weighted by molar-refractivity contribution is -0.134. The van der Waals surface area contributed by atoms with Crippen LogP contribution in [0.1, 0.15) is 37.8 Å². The molecule has 1 aliphatic heterocycles. The fourth-order valence-electron chi connectivity index (χ4n) is 2.53. The zero-order valence-electron chi connectivity index (χ0n) is 13.8. The third kappa shape index (κ3) is 3.52. The first-order valence-corrected chi connectivity index (χ1v) is 7.86. The van der Waals surface area contributed by atoms with Gasteiger partial charge in [-0.05, 0) is 25.8 Å². The second kappa shape index (κ2) is 6.81. The Balaban J connectivity index is 2.10. The molecule has 1 aliphatic rings. The maximum absolute atomic E-state index is 12.7. The van der Waals surface area contributed by atoms with Gasteiger partial charge in [-0.15, -0.1) is 0 Å². The first-order valence-electron chi connectivity index (χ1n) is 7.86. The fourth-order valence-corrected chi connectivity index (χ4v) is 2.53. The molecule has 124 valence electrons. The van der Waals surface area contributed by atoms with Crippen LogP contribution in [-0.4, -0.2) is 35.8 Å². The highest BCUT2D eigenvalue weighted by Crippen LogP contribution is 2.28. The Kier molecular flexibility index (Phi) is 5.03. The number of amides is 4. The van der Waals surface area contributed by atoms with Crippen molar-refractivity contribution in [1.82, 2.24) is 15.5 Å². The van der Waals surface area contributed by atoms with Crippen molar-refractivity contribution >= 4 is 17.8 Å². The van der Waals surface area contributed by atoms with Crippen LogP contribution >= 0.6 is 0 Å². The molecule has 23 heavy (non-hydrogen) atoms. The highest BCUT2D eigenvalue weighted by Gasteiger charge is 2.49. The Morgan fingerprint density at radius 2 is 1.91 bits per heavy atom. The van der Waals surface area contributed by atoms with Crippen LogP contribution in [0.3, 0.4) is 0 Å². The molecule has 1 aromatic rings. The summed E-state index contributed by atoms with van der Waals surface area (Å²) >= 11 is 0. The molecule has 1 heterocycles. The van der Waals surface area contributed by atoms with Crippen molar-refractivity contribution in [1.29, 1.82) is 0 Å². The van der Waals surface area contributed by atoms with Crippen molar-refractivity contribution < 1.29 is 14.4 Å². The molecule has 2 rings (SSSR count). The number of rotatable bonds is 6. The van der Waals surface area contributed by atoms with Crippen LogP contribution < -0.4 is 10.6 Å². The van der Waals surface area contributed by atoms with Gasteiger partial charge in [0, 0.05) is 6.54 Å². The van der Waals surface area contributed by atoms with Crippen molar-refractivity contribution in [3.63, 3.8) is 0 Å². The molecule has 1 aromatic carbocycles. The van der Waals surface area contributed by atoms with Crippen LogP contribution in [0.4, 0.5) is 4.79 Å². The van der Waals surface area contributed by atoms with E-state index in [2.05, 4.69) is 10.6 Å². The number of unbranched alkanes of at least 4 members (excludes halogenated alkanes) is 1. The molecule has 6 heteroatoms. The van der Waals surface area contributed by atoms with E-state index in [0.29, 0.717) is 12.1 Å². The third-order valence-electron chi connectivity index (χ3n) is 4.06. The summed E-state index contributed by atoms with van der Waals surface area (Å²) in [4.78, 5) is 37.6. The summed E-state index contributed by atoms with van der Waals surface area (Å²) in [5.41, 5.74) is 0.644. The Morgan fingerprint density at radius 3 is 2.52 bits per heavy atom. The molecule has 6 nitrogen and oxygen atoms in total. The van der Waals surface area contributed by atoms with E-state index in [-0.39, 0.29) is 12.5 Å². The molecule has 0 spiro atoms. The van der Waals surface area contributed by atoms with Crippen LogP contribution in [0.2, 0.25) is 0 Å². The molecule has 1 saturated heterocycles. The first kappa shape index (κ1) is 17.0. The predicted octanol–water partition coefficient (Wildman–Crippen LogP) is 1.68. The summed E-state index contributed by atoms with van der Waals surface area (Å²) in [5, 5.41) is 5.41. The minimum absolute atomic E-state index is 0.254. The van der Waals surface area contributed by atoms with Crippen LogP contribution in [0.15, 0.2) is 24.3 Å². The Bertz CT molecular complexity index is 612. The van der Waals surface area contributed by atoms with E-state index < -0.39 is 17.5 Å². The molecule has 0 bridgehead atoms. The van der Waals surface area contributed by atoms with Gasteiger partial charge in [0.1, 0.15) is 12.1 Å². The predicted molar refractivity (Wildman–Crippen MR) is 86.7 cm³/mol. The molecule has 0 aromatic heterocycles. The molecular weight excluding hydrogens is 294 g/mol. The number of nitrogens with zero attached hydrogens (tertiary/aromatic N) is 1. The zero-order valence-corrected chi connectivity index (χ0v) is 13.8. The van der Waals surface area contributed by atoms with E-state index in [0.717, 1.165) is 23.3 Å². The van der Waals surface area contributed by atoms with Gasteiger partial charge in [-0.25, -0.2) is 4.79 Å². The highest BCUT2D eigenvalue weighted by atomic mass is 16.2. The molecule has 4 amide bonds. The van der Waals surface area contributed by atoms with E-state index in [1.807, 2.05) is 38.1 Å². The molecule has 1 fully saturated rings. The summed E-state index contributed by atoms with van der Waals surface area (Å²) in [7, 11) is 0. The van der Waals surface area contributed by atoms with Crippen LogP contribution in [0.5, 0.6) is 0 Å². The molecule has 2 N–H and O–H groups in total. The number of carbonyl (C=O) groups excluding carboxylic acids is 3. The number of nitrogens with one attached hydrogen (secondary N) is 2. The van der Waals surface area contributed by atoms with Crippen LogP contribution in [0.25, 0.3) is 0 Å². The highest BCUT2D eigenvalue weighted by molar-refractivity contribution is 6.09. The number of carbonyl (C=O) groups is 3. The average molecular weight is 317 g/mol. The smallest absolute Gasteiger partial charge is 0.325 e. The zero-order chi connectivity index (χ0) is 17.0. The van der Waals surface area contributed by atoms with Crippen molar-refractivity contribution in [3.05, 3.63) is 35.4 Å². The van der Waals surface area contributed by atoms with Gasteiger partial charge < -0.3 is 10.6 Å². The van der Waals surface area contributed by atoms with Gasteiger partial charge in [0.2, 0.25) is 5.91 Å². The number of imide groups is 1. The molecule has 0 saturated carbocycles. The van der Waals surface area contributed by atoms with Gasteiger partial charge in [0.05, 0.1) is 0 Å². The van der Waals surface area contributed by atoms with E-state index >= 15 is 0 Å². The van der Waals surface area contributed by atoms with Crippen molar-refractivity contribution in [2.75, 3.05) is 13.1 Å². The number of hydrogen-bond donors (Lipinski definition) is 2. The fraction of sp³-hybridized carbons (Fsp3) is 0.471. The SMILES string of the molecule is CCCCNC(=O)CN1C(=O)N[C@@](C)(c2ccc(C)cc2)C1=O. The van der Waals surface area contributed by atoms with Gasteiger partial charge in [-0.2, -0.15) is 0 Å². The second-order valence-corrected chi connectivity index (χ2v) is 6.02. The lowest BCUT2D eigenvalue weighted by Crippen LogP contribution is -2.43. The quantitative estimate of drug-likeness (QED) is 0.619. The van der Waals surface area contributed by atoms with E-state index in [1.54, 1.807) is 6.92 Å². The van der Waals surface area contributed by atoms with E-state index in [9.17, 15) is 14.4 Å². The molecular formula is C17H23N3O3. The monoisotopic (exact) mass is 317 g/mol. The topological polar surface area (TPSA) is 78.5 Å². The summed E-state index contributed by atoms with van der Waals surface area (Å²) in [6, 6.07) is 6.88.